The van der Waals surface area contributed by atoms with Crippen molar-refractivity contribution in [3.8, 4) is 34.5 Å². The Labute approximate surface area is 462 Å². The first-order chi connectivity index (χ1) is 37.9. The summed E-state index contributed by atoms with van der Waals surface area (Å²) in [7, 11) is 3.04. The molecule has 0 aliphatic carbocycles. The average Bonchev–Trinajstić information content (AvgIpc) is 4.26. The molecule has 0 radical (unpaired) electrons. The number of imidazole rings is 2. The SMILES string of the molecule is CC1(C)OB(c2cnc3c(c2)CCCO3)OC1(C)C.COc1cc(Nc2nc(-c3cnc4c(c3)CCCO4)cn3ccnc23)ccc1N1CCOCC1.COc1cc(Nc2nc(Br)cn3ccnc23)ccc1N1CCOCC1. The zero-order valence-electron chi connectivity index (χ0n) is 44.8. The van der Waals surface area contributed by atoms with Crippen molar-refractivity contribution in [3.05, 3.63) is 114 Å². The quantitative estimate of drug-likeness (QED) is 0.124. The van der Waals surface area contributed by atoms with Gasteiger partial charge in [-0.1, -0.05) is 6.07 Å². The van der Waals surface area contributed by atoms with E-state index in [1.807, 2.05) is 64.1 Å². The third-order valence-electron chi connectivity index (χ3n) is 14.7. The maximum absolute atomic E-state index is 6.04. The van der Waals surface area contributed by atoms with Crippen LogP contribution in [-0.2, 0) is 31.6 Å². The van der Waals surface area contributed by atoms with Gasteiger partial charge in [0.1, 0.15) is 16.1 Å². The van der Waals surface area contributed by atoms with Gasteiger partial charge in [-0.25, -0.2) is 29.9 Å². The minimum atomic E-state index is -0.343. The second-order valence-electron chi connectivity index (χ2n) is 20.3. The fraction of sp³-hybridized carbons (Fsp3) is 0.393. The van der Waals surface area contributed by atoms with E-state index in [0.717, 1.165) is 181 Å². The number of nitrogens with zero attached hydrogens (tertiary/aromatic N) is 10. The van der Waals surface area contributed by atoms with E-state index in [0.29, 0.717) is 11.6 Å². The van der Waals surface area contributed by atoms with E-state index in [2.05, 4.69) is 113 Å². The van der Waals surface area contributed by atoms with Crippen molar-refractivity contribution in [2.24, 2.45) is 0 Å². The highest BCUT2D eigenvalue weighted by Gasteiger charge is 2.52. The summed E-state index contributed by atoms with van der Waals surface area (Å²) in [6.45, 7) is 16.1. The van der Waals surface area contributed by atoms with E-state index in [1.54, 1.807) is 32.8 Å². The second kappa shape index (κ2) is 23.0. The van der Waals surface area contributed by atoms with Crippen LogP contribution in [0.1, 0.15) is 51.7 Å². The van der Waals surface area contributed by atoms with Gasteiger partial charge in [-0.2, -0.15) is 0 Å². The molecule has 406 valence electrons. The van der Waals surface area contributed by atoms with Crippen molar-refractivity contribution in [3.63, 3.8) is 0 Å². The van der Waals surface area contributed by atoms with Crippen LogP contribution in [0.25, 0.3) is 22.6 Å². The van der Waals surface area contributed by atoms with Gasteiger partial charge in [0.2, 0.25) is 11.8 Å². The summed E-state index contributed by atoms with van der Waals surface area (Å²) < 4.78 is 50.1. The van der Waals surface area contributed by atoms with Gasteiger partial charge in [0, 0.05) is 121 Å². The Kier molecular flexibility index (Phi) is 15.6. The first-order valence-electron chi connectivity index (χ1n) is 26.4. The summed E-state index contributed by atoms with van der Waals surface area (Å²) in [6.07, 6.45) is 18.8. The molecule has 8 aromatic rings. The number of aromatic nitrogens is 8. The van der Waals surface area contributed by atoms with E-state index >= 15 is 0 Å². The molecule has 3 saturated heterocycles. The number of hydrogen-bond donors (Lipinski definition) is 2. The number of rotatable bonds is 10. The lowest BCUT2D eigenvalue weighted by Crippen LogP contribution is -2.41. The van der Waals surface area contributed by atoms with Crippen LogP contribution in [0.15, 0.2) is 103 Å². The van der Waals surface area contributed by atoms with Crippen molar-refractivity contribution in [2.75, 3.05) is 100 Å². The molecular weight excluding hydrogens is 1060 g/mol. The van der Waals surface area contributed by atoms with Gasteiger partial charge in [0.25, 0.3) is 0 Å². The fourth-order valence-corrected chi connectivity index (χ4v) is 10.2. The minimum absolute atomic E-state index is 0.315. The number of methoxy groups -OCH3 is 2. The topological polar surface area (TPSA) is 191 Å². The molecule has 0 atom stereocenters. The van der Waals surface area contributed by atoms with Gasteiger partial charge < -0.3 is 67.0 Å². The highest BCUT2D eigenvalue weighted by Crippen LogP contribution is 2.38. The third-order valence-corrected chi connectivity index (χ3v) is 15.0. The number of anilines is 6. The third kappa shape index (κ3) is 11.5. The van der Waals surface area contributed by atoms with Gasteiger partial charge in [-0.15, -0.1) is 0 Å². The molecule has 5 aliphatic rings. The lowest BCUT2D eigenvalue weighted by atomic mass is 9.79. The molecule has 3 fully saturated rings. The number of aryl methyl sites for hydroxylation is 2. The van der Waals surface area contributed by atoms with Crippen molar-refractivity contribution in [1.82, 2.24) is 38.7 Å². The van der Waals surface area contributed by atoms with E-state index in [-0.39, 0.29) is 18.3 Å². The first-order valence-corrected chi connectivity index (χ1v) is 27.2. The summed E-state index contributed by atoms with van der Waals surface area (Å²) in [6, 6.07) is 16.4. The van der Waals surface area contributed by atoms with Gasteiger partial charge in [0.15, 0.2) is 22.9 Å². The Balaban J connectivity index is 0.000000130. The predicted octanol–water partition coefficient (Wildman–Crippen LogP) is 8.49. The molecule has 20 nitrogen and oxygen atoms in total. The molecule has 6 aromatic heterocycles. The van der Waals surface area contributed by atoms with E-state index in [1.165, 1.54) is 0 Å². The summed E-state index contributed by atoms with van der Waals surface area (Å²) >= 11 is 3.43. The van der Waals surface area contributed by atoms with Crippen molar-refractivity contribution in [2.45, 2.75) is 64.6 Å². The Bertz CT molecular complexity index is 3390. The van der Waals surface area contributed by atoms with E-state index < -0.39 is 0 Å². The number of nitrogens with one attached hydrogen (secondary N) is 2. The van der Waals surface area contributed by atoms with Crippen LogP contribution < -0.4 is 44.8 Å². The van der Waals surface area contributed by atoms with Crippen LogP contribution in [0.3, 0.4) is 0 Å². The Hall–Kier alpha value is -7.24. The molecule has 0 spiro atoms. The Morgan fingerprint density at radius 1 is 0.603 bits per heavy atom. The predicted molar refractivity (Wildman–Crippen MR) is 303 cm³/mol. The largest absolute Gasteiger partial charge is 0.496 e. The molecule has 0 saturated carbocycles. The molecule has 0 amide bonds. The number of fused-ring (bicyclic) bond motifs is 4. The Morgan fingerprint density at radius 2 is 1.12 bits per heavy atom. The molecule has 5 aliphatic heterocycles. The summed E-state index contributed by atoms with van der Waals surface area (Å²) in [5.74, 6) is 4.46. The number of halogens is 1. The molecular formula is C56H64BBrN12O8. The summed E-state index contributed by atoms with van der Waals surface area (Å²) in [4.78, 5) is 31.7. The van der Waals surface area contributed by atoms with Crippen LogP contribution in [0, 0.1) is 0 Å². The van der Waals surface area contributed by atoms with Crippen molar-refractivity contribution < 1.29 is 37.7 Å². The van der Waals surface area contributed by atoms with Crippen LogP contribution in [-0.4, -0.2) is 137 Å². The molecule has 0 bridgehead atoms. The van der Waals surface area contributed by atoms with Gasteiger partial charge in [0.05, 0.1) is 82.1 Å². The average molecular weight is 1120 g/mol. The van der Waals surface area contributed by atoms with Crippen LogP contribution >= 0.6 is 15.9 Å². The monoisotopic (exact) mass is 1120 g/mol. The smallest absolute Gasteiger partial charge is 0.495 e. The van der Waals surface area contributed by atoms with Crippen LogP contribution in [0.4, 0.5) is 34.4 Å². The maximum atomic E-state index is 6.04. The standard InChI is InChI=1S/C25H26N6O3.C17H18BrN5O2.C14H20BNO3/c1-32-22-14-19(4-5-21(22)30-8-11-33-12-9-30)28-23-24-26-6-7-31(24)16-20(29-23)18-13-17-3-2-10-34-25(17)27-15-18;1-24-14-10-12(2-3-13(14)22-6-8-25-9-7-22)20-16-17-19-4-5-23(17)11-15(18)21-16;1-13(2)14(3,4)19-15(18-13)11-8-10-6-5-7-17-12(10)16-9-11/h4-7,13-16H,2-3,8-12H2,1H3,(H,28,29);2-5,10-11H,6-9H2,1H3,(H,20,21);8-9H,5-7H2,1-4H3. The van der Waals surface area contributed by atoms with Crippen molar-refractivity contribution >= 4 is 74.2 Å². The maximum Gasteiger partial charge on any atom is 0.496 e. The zero-order chi connectivity index (χ0) is 53.8. The summed E-state index contributed by atoms with van der Waals surface area (Å²) in [5, 5.41) is 6.78. The van der Waals surface area contributed by atoms with Crippen LogP contribution in [0.5, 0.6) is 23.3 Å². The zero-order valence-corrected chi connectivity index (χ0v) is 46.4. The van der Waals surface area contributed by atoms with Gasteiger partial charge in [-0.3, -0.25) is 0 Å². The fourth-order valence-electron chi connectivity index (χ4n) is 9.80. The van der Waals surface area contributed by atoms with Gasteiger partial charge in [-0.05, 0) is 99.6 Å². The molecule has 78 heavy (non-hydrogen) atoms. The number of ether oxygens (including phenoxy) is 6. The number of benzene rings is 2. The molecule has 22 heteroatoms. The number of morpholine rings is 2. The first kappa shape index (κ1) is 52.8. The molecule has 0 unspecified atom stereocenters. The van der Waals surface area contributed by atoms with Crippen molar-refractivity contribution in [1.29, 1.82) is 0 Å². The molecule has 2 aromatic carbocycles. The lowest BCUT2D eigenvalue weighted by molar-refractivity contribution is 0.00578. The highest BCUT2D eigenvalue weighted by molar-refractivity contribution is 9.10. The van der Waals surface area contributed by atoms with Crippen LogP contribution in [0.2, 0.25) is 0 Å². The number of pyridine rings is 2. The second-order valence-corrected chi connectivity index (χ2v) is 21.2. The summed E-state index contributed by atoms with van der Waals surface area (Å²) in [5.41, 5.74) is 9.78. The minimum Gasteiger partial charge on any atom is -0.495 e. The van der Waals surface area contributed by atoms with E-state index in [4.69, 9.17) is 42.7 Å². The van der Waals surface area contributed by atoms with Gasteiger partial charge >= 0.3 is 7.12 Å². The van der Waals surface area contributed by atoms with E-state index in [9.17, 15) is 0 Å². The Morgan fingerprint density at radius 3 is 1.67 bits per heavy atom. The molecule has 2 N–H and O–H groups in total. The highest BCUT2D eigenvalue weighted by atomic mass is 79.9. The molecule has 13 rings (SSSR count). The lowest BCUT2D eigenvalue weighted by Gasteiger charge is -2.32. The normalized spacial score (nSPS) is 17.3. The molecule has 11 heterocycles. The number of hydrogen-bond acceptors (Lipinski definition) is 18.